The standard InChI is InChI=1S/C9H13N3O/c1-10-4-6-2-3-7-5-11-9(13)12-8(6)7/h5-6,10H,2-4H2,1H3,(H,11,12,13). The van der Waals surface area contributed by atoms with Crippen molar-refractivity contribution in [2.45, 2.75) is 18.8 Å². The van der Waals surface area contributed by atoms with Gasteiger partial charge in [0.25, 0.3) is 0 Å². The fraction of sp³-hybridized carbons (Fsp3) is 0.556. The number of hydrogen-bond donors (Lipinski definition) is 2. The SMILES string of the molecule is CNCC1CCc2cnc(=O)[nH]c21. The number of H-pyrrole nitrogens is 1. The van der Waals surface area contributed by atoms with Gasteiger partial charge in [0.1, 0.15) is 0 Å². The summed E-state index contributed by atoms with van der Waals surface area (Å²) in [4.78, 5) is 17.5. The minimum absolute atomic E-state index is 0.234. The molecular weight excluding hydrogens is 166 g/mol. The summed E-state index contributed by atoms with van der Waals surface area (Å²) in [6.07, 6.45) is 3.84. The van der Waals surface area contributed by atoms with Gasteiger partial charge in [-0.05, 0) is 25.5 Å². The van der Waals surface area contributed by atoms with Gasteiger partial charge in [0.2, 0.25) is 0 Å². The third-order valence-electron chi connectivity index (χ3n) is 2.55. The first-order valence-electron chi connectivity index (χ1n) is 4.54. The summed E-state index contributed by atoms with van der Waals surface area (Å²) in [7, 11) is 1.93. The molecular formula is C9H13N3O. The summed E-state index contributed by atoms with van der Waals surface area (Å²) < 4.78 is 0. The molecule has 2 N–H and O–H groups in total. The predicted octanol–water partition coefficient (Wildman–Crippen LogP) is 0.0191. The zero-order valence-corrected chi connectivity index (χ0v) is 7.63. The van der Waals surface area contributed by atoms with Crippen LogP contribution in [0.2, 0.25) is 0 Å². The molecule has 1 aliphatic rings. The molecule has 0 radical (unpaired) electrons. The van der Waals surface area contributed by atoms with E-state index >= 15 is 0 Å². The van der Waals surface area contributed by atoms with Gasteiger partial charge in [-0.2, -0.15) is 0 Å². The molecule has 1 unspecified atom stereocenters. The summed E-state index contributed by atoms with van der Waals surface area (Å²) in [5.74, 6) is 0.454. The lowest BCUT2D eigenvalue weighted by Gasteiger charge is -2.08. The quantitative estimate of drug-likeness (QED) is 0.673. The van der Waals surface area contributed by atoms with Gasteiger partial charge in [-0.1, -0.05) is 0 Å². The molecule has 4 nitrogen and oxygen atoms in total. The summed E-state index contributed by atoms with van der Waals surface area (Å²) in [6.45, 7) is 0.924. The first kappa shape index (κ1) is 8.44. The Kier molecular flexibility index (Phi) is 2.14. The Labute approximate surface area is 76.4 Å². The summed E-state index contributed by atoms with van der Waals surface area (Å²) in [5.41, 5.74) is 2.04. The summed E-state index contributed by atoms with van der Waals surface area (Å²) in [5, 5.41) is 3.13. The van der Waals surface area contributed by atoms with Crippen molar-refractivity contribution in [3.63, 3.8) is 0 Å². The second kappa shape index (κ2) is 3.30. The maximum Gasteiger partial charge on any atom is 0.345 e. The highest BCUT2D eigenvalue weighted by Crippen LogP contribution is 2.28. The number of nitrogens with zero attached hydrogens (tertiary/aromatic N) is 1. The molecule has 1 aromatic rings. The van der Waals surface area contributed by atoms with Crippen LogP contribution in [0.1, 0.15) is 23.6 Å². The minimum Gasteiger partial charge on any atom is -0.319 e. The smallest absolute Gasteiger partial charge is 0.319 e. The second-order valence-electron chi connectivity index (χ2n) is 3.42. The summed E-state index contributed by atoms with van der Waals surface area (Å²) >= 11 is 0. The van der Waals surface area contributed by atoms with Gasteiger partial charge in [-0.15, -0.1) is 0 Å². The molecule has 0 spiro atoms. The van der Waals surface area contributed by atoms with Gasteiger partial charge < -0.3 is 10.3 Å². The molecule has 0 aliphatic heterocycles. The molecule has 1 heterocycles. The van der Waals surface area contributed by atoms with E-state index in [-0.39, 0.29) is 5.69 Å². The van der Waals surface area contributed by atoms with Crippen LogP contribution < -0.4 is 11.0 Å². The van der Waals surface area contributed by atoms with Crippen LogP contribution >= 0.6 is 0 Å². The van der Waals surface area contributed by atoms with E-state index in [0.29, 0.717) is 5.92 Å². The molecule has 2 rings (SSSR count). The lowest BCUT2D eigenvalue weighted by Crippen LogP contribution is -2.19. The van der Waals surface area contributed by atoms with Crippen LogP contribution in [-0.4, -0.2) is 23.6 Å². The van der Waals surface area contributed by atoms with Crippen molar-refractivity contribution in [2.75, 3.05) is 13.6 Å². The molecule has 0 bridgehead atoms. The fourth-order valence-electron chi connectivity index (χ4n) is 1.92. The second-order valence-corrected chi connectivity index (χ2v) is 3.42. The van der Waals surface area contributed by atoms with Crippen LogP contribution in [0.4, 0.5) is 0 Å². The Morgan fingerprint density at radius 3 is 3.38 bits per heavy atom. The first-order valence-corrected chi connectivity index (χ1v) is 4.54. The topological polar surface area (TPSA) is 57.8 Å². The van der Waals surface area contributed by atoms with Crippen LogP contribution in [0.25, 0.3) is 0 Å². The molecule has 1 aliphatic carbocycles. The van der Waals surface area contributed by atoms with E-state index in [2.05, 4.69) is 15.3 Å². The number of aryl methyl sites for hydroxylation is 1. The number of aromatic nitrogens is 2. The number of aromatic amines is 1. The van der Waals surface area contributed by atoms with Gasteiger partial charge in [-0.25, -0.2) is 9.78 Å². The molecule has 4 heteroatoms. The molecule has 0 fully saturated rings. The van der Waals surface area contributed by atoms with Crippen LogP contribution in [-0.2, 0) is 6.42 Å². The molecule has 1 aromatic heterocycles. The lowest BCUT2D eigenvalue weighted by molar-refractivity contribution is 0.611. The maximum absolute atomic E-state index is 11.0. The van der Waals surface area contributed by atoms with Crippen molar-refractivity contribution in [3.8, 4) is 0 Å². The molecule has 0 saturated heterocycles. The van der Waals surface area contributed by atoms with Gasteiger partial charge >= 0.3 is 5.69 Å². The van der Waals surface area contributed by atoms with Gasteiger partial charge in [0, 0.05) is 24.4 Å². The van der Waals surface area contributed by atoms with Crippen LogP contribution in [0.5, 0.6) is 0 Å². The van der Waals surface area contributed by atoms with Gasteiger partial charge in [0.05, 0.1) is 0 Å². The zero-order valence-electron chi connectivity index (χ0n) is 7.63. The number of nitrogens with one attached hydrogen (secondary N) is 2. The Hall–Kier alpha value is -1.16. The average molecular weight is 179 g/mol. The van der Waals surface area contributed by atoms with Crippen LogP contribution in [0, 0.1) is 0 Å². The highest BCUT2D eigenvalue weighted by molar-refractivity contribution is 5.26. The van der Waals surface area contributed by atoms with E-state index < -0.39 is 0 Å². The Bertz CT molecular complexity index is 356. The van der Waals surface area contributed by atoms with Crippen molar-refractivity contribution in [1.29, 1.82) is 0 Å². The maximum atomic E-state index is 11.0. The van der Waals surface area contributed by atoms with Crippen molar-refractivity contribution in [3.05, 3.63) is 27.9 Å². The number of fused-ring (bicyclic) bond motifs is 1. The van der Waals surface area contributed by atoms with Crippen molar-refractivity contribution >= 4 is 0 Å². The van der Waals surface area contributed by atoms with E-state index in [0.717, 1.165) is 25.1 Å². The van der Waals surface area contributed by atoms with Crippen molar-refractivity contribution < 1.29 is 0 Å². The highest BCUT2D eigenvalue weighted by atomic mass is 16.1. The zero-order chi connectivity index (χ0) is 9.26. The van der Waals surface area contributed by atoms with E-state index in [1.807, 2.05) is 7.05 Å². The number of rotatable bonds is 2. The average Bonchev–Trinajstić information content (AvgIpc) is 2.49. The predicted molar refractivity (Wildman–Crippen MR) is 49.8 cm³/mol. The Balaban J connectivity index is 2.35. The summed E-state index contributed by atoms with van der Waals surface area (Å²) in [6, 6.07) is 0. The first-order chi connectivity index (χ1) is 6.31. The van der Waals surface area contributed by atoms with Crippen LogP contribution in [0.3, 0.4) is 0 Å². The third kappa shape index (κ3) is 1.49. The largest absolute Gasteiger partial charge is 0.345 e. The van der Waals surface area contributed by atoms with E-state index in [4.69, 9.17) is 0 Å². The molecule has 1 atom stereocenters. The van der Waals surface area contributed by atoms with Crippen molar-refractivity contribution in [2.24, 2.45) is 0 Å². The van der Waals surface area contributed by atoms with Crippen molar-refractivity contribution in [1.82, 2.24) is 15.3 Å². The number of likely N-dealkylation sites (N-methyl/N-ethyl adjacent to an activating group) is 1. The molecule has 70 valence electrons. The Morgan fingerprint density at radius 2 is 2.62 bits per heavy atom. The van der Waals surface area contributed by atoms with E-state index in [1.54, 1.807) is 6.20 Å². The fourth-order valence-corrected chi connectivity index (χ4v) is 1.92. The van der Waals surface area contributed by atoms with E-state index in [1.165, 1.54) is 5.56 Å². The monoisotopic (exact) mass is 179 g/mol. The molecule has 0 aromatic carbocycles. The Morgan fingerprint density at radius 1 is 1.77 bits per heavy atom. The molecule has 13 heavy (non-hydrogen) atoms. The van der Waals surface area contributed by atoms with Gasteiger partial charge in [-0.3, -0.25) is 0 Å². The number of hydrogen-bond acceptors (Lipinski definition) is 3. The molecule has 0 saturated carbocycles. The third-order valence-corrected chi connectivity index (χ3v) is 2.55. The van der Waals surface area contributed by atoms with Crippen LogP contribution in [0.15, 0.2) is 11.0 Å². The molecule has 0 amide bonds. The van der Waals surface area contributed by atoms with Gasteiger partial charge in [0.15, 0.2) is 0 Å². The van der Waals surface area contributed by atoms with E-state index in [9.17, 15) is 4.79 Å². The normalized spacial score (nSPS) is 20.2. The highest BCUT2D eigenvalue weighted by Gasteiger charge is 2.22. The lowest BCUT2D eigenvalue weighted by atomic mass is 10.1. The minimum atomic E-state index is -0.234.